The predicted molar refractivity (Wildman–Crippen MR) is 80.4 cm³/mol. The second kappa shape index (κ2) is 5.32. The van der Waals surface area contributed by atoms with Gasteiger partial charge in [-0.2, -0.15) is 5.10 Å². The molecule has 0 fully saturated rings. The summed E-state index contributed by atoms with van der Waals surface area (Å²) in [6.45, 7) is 2.04. The number of hydrogen-bond donors (Lipinski definition) is 1. The van der Waals surface area contributed by atoms with E-state index in [1.54, 1.807) is 16.9 Å². The van der Waals surface area contributed by atoms with Crippen LogP contribution in [0.1, 0.15) is 24.2 Å². The van der Waals surface area contributed by atoms with Crippen LogP contribution in [0.5, 0.6) is 0 Å². The summed E-state index contributed by atoms with van der Waals surface area (Å²) in [6, 6.07) is 3.77. The number of aryl methyl sites for hydroxylation is 1. The standard InChI is InChI=1S/C15H16N6/c1-10(15-18-4-3-14(16)20-15)11-5-12(7-17-6-11)13-8-19-21(2)9-13/h3-10H,1-2H3,(H2,16,18,20)/t10-/m1/s1. The van der Waals surface area contributed by atoms with Crippen LogP contribution in [0.2, 0.25) is 0 Å². The van der Waals surface area contributed by atoms with Crippen LogP contribution >= 0.6 is 0 Å². The Labute approximate surface area is 122 Å². The molecular formula is C15H16N6. The van der Waals surface area contributed by atoms with Gasteiger partial charge in [-0.1, -0.05) is 6.92 Å². The zero-order chi connectivity index (χ0) is 14.8. The Morgan fingerprint density at radius 1 is 1.19 bits per heavy atom. The molecule has 0 saturated heterocycles. The van der Waals surface area contributed by atoms with Gasteiger partial charge < -0.3 is 5.73 Å². The van der Waals surface area contributed by atoms with Crippen LogP contribution in [0.4, 0.5) is 5.82 Å². The number of rotatable bonds is 3. The molecule has 0 aromatic carbocycles. The van der Waals surface area contributed by atoms with Crippen LogP contribution in [0.25, 0.3) is 11.1 Å². The van der Waals surface area contributed by atoms with Gasteiger partial charge in [0.05, 0.1) is 6.20 Å². The van der Waals surface area contributed by atoms with E-state index < -0.39 is 0 Å². The molecule has 0 aliphatic rings. The SMILES string of the molecule is C[C@H](c1cncc(-c2cnn(C)c2)c1)c1nccc(N)n1. The lowest BCUT2D eigenvalue weighted by Gasteiger charge is -2.11. The molecule has 3 heterocycles. The minimum Gasteiger partial charge on any atom is -0.384 e. The average molecular weight is 280 g/mol. The van der Waals surface area contributed by atoms with Crippen molar-refractivity contribution in [2.45, 2.75) is 12.8 Å². The lowest BCUT2D eigenvalue weighted by Crippen LogP contribution is -2.05. The molecule has 6 heteroatoms. The first-order valence-electron chi connectivity index (χ1n) is 6.66. The van der Waals surface area contributed by atoms with E-state index in [1.807, 2.05) is 38.8 Å². The van der Waals surface area contributed by atoms with Gasteiger partial charge in [-0.05, 0) is 17.7 Å². The van der Waals surface area contributed by atoms with E-state index in [0.29, 0.717) is 11.6 Å². The maximum atomic E-state index is 5.72. The third kappa shape index (κ3) is 2.74. The summed E-state index contributed by atoms with van der Waals surface area (Å²) >= 11 is 0. The molecule has 21 heavy (non-hydrogen) atoms. The highest BCUT2D eigenvalue weighted by atomic mass is 15.2. The van der Waals surface area contributed by atoms with Crippen LogP contribution in [-0.4, -0.2) is 24.7 Å². The van der Waals surface area contributed by atoms with Gasteiger partial charge in [-0.15, -0.1) is 0 Å². The molecule has 2 N–H and O–H groups in total. The van der Waals surface area contributed by atoms with E-state index in [9.17, 15) is 0 Å². The third-order valence-electron chi connectivity index (χ3n) is 3.38. The van der Waals surface area contributed by atoms with E-state index in [0.717, 1.165) is 16.7 Å². The van der Waals surface area contributed by atoms with Crippen molar-refractivity contribution in [3.8, 4) is 11.1 Å². The first-order chi connectivity index (χ1) is 10.1. The number of hydrogen-bond acceptors (Lipinski definition) is 5. The van der Waals surface area contributed by atoms with Crippen molar-refractivity contribution in [3.05, 3.63) is 54.5 Å². The number of anilines is 1. The van der Waals surface area contributed by atoms with E-state index in [1.165, 1.54) is 0 Å². The molecule has 1 atom stereocenters. The summed E-state index contributed by atoms with van der Waals surface area (Å²) in [6.07, 6.45) is 9.11. The summed E-state index contributed by atoms with van der Waals surface area (Å²) in [5.74, 6) is 1.20. The Bertz CT molecular complexity index is 764. The summed E-state index contributed by atoms with van der Waals surface area (Å²) in [5, 5.41) is 4.18. The van der Waals surface area contributed by atoms with E-state index in [-0.39, 0.29) is 5.92 Å². The van der Waals surface area contributed by atoms with Crippen molar-refractivity contribution in [3.63, 3.8) is 0 Å². The molecule has 6 nitrogen and oxygen atoms in total. The van der Waals surface area contributed by atoms with Gasteiger partial charge in [0.1, 0.15) is 11.6 Å². The molecule has 0 amide bonds. The largest absolute Gasteiger partial charge is 0.384 e. The highest BCUT2D eigenvalue weighted by Crippen LogP contribution is 2.25. The molecule has 0 radical (unpaired) electrons. The van der Waals surface area contributed by atoms with Crippen LogP contribution in [0, 0.1) is 0 Å². The summed E-state index contributed by atoms with van der Waals surface area (Å²) < 4.78 is 1.77. The first kappa shape index (κ1) is 13.2. The quantitative estimate of drug-likeness (QED) is 0.793. The van der Waals surface area contributed by atoms with E-state index in [4.69, 9.17) is 5.73 Å². The van der Waals surface area contributed by atoms with Crippen molar-refractivity contribution in [1.29, 1.82) is 0 Å². The minimum atomic E-state index is 0.0256. The maximum absolute atomic E-state index is 5.72. The molecule has 3 rings (SSSR count). The molecule has 3 aromatic heterocycles. The Morgan fingerprint density at radius 3 is 2.76 bits per heavy atom. The third-order valence-corrected chi connectivity index (χ3v) is 3.38. The lowest BCUT2D eigenvalue weighted by atomic mass is 9.99. The Kier molecular flexibility index (Phi) is 3.35. The fourth-order valence-electron chi connectivity index (χ4n) is 2.17. The number of aromatic nitrogens is 5. The van der Waals surface area contributed by atoms with Gasteiger partial charge in [-0.3, -0.25) is 9.67 Å². The lowest BCUT2D eigenvalue weighted by molar-refractivity contribution is 0.768. The van der Waals surface area contributed by atoms with Crippen LogP contribution < -0.4 is 5.73 Å². The van der Waals surface area contributed by atoms with E-state index >= 15 is 0 Å². The summed E-state index contributed by atoms with van der Waals surface area (Å²) in [7, 11) is 1.89. The van der Waals surface area contributed by atoms with Gasteiger partial charge in [0.25, 0.3) is 0 Å². The van der Waals surface area contributed by atoms with Crippen molar-refractivity contribution >= 4 is 5.82 Å². The minimum absolute atomic E-state index is 0.0256. The fraction of sp³-hybridized carbons (Fsp3) is 0.200. The fourth-order valence-corrected chi connectivity index (χ4v) is 2.17. The van der Waals surface area contributed by atoms with Crippen LogP contribution in [0.15, 0.2) is 43.1 Å². The zero-order valence-corrected chi connectivity index (χ0v) is 11.9. The Balaban J connectivity index is 1.96. The topological polar surface area (TPSA) is 82.5 Å². The van der Waals surface area contributed by atoms with Gasteiger partial charge in [-0.25, -0.2) is 9.97 Å². The maximum Gasteiger partial charge on any atom is 0.137 e. The number of nitrogens with zero attached hydrogens (tertiary/aromatic N) is 5. The molecule has 3 aromatic rings. The summed E-state index contributed by atoms with van der Waals surface area (Å²) in [5.41, 5.74) is 8.82. The van der Waals surface area contributed by atoms with Crippen molar-refractivity contribution in [2.75, 3.05) is 5.73 Å². The van der Waals surface area contributed by atoms with Gasteiger partial charge in [0, 0.05) is 48.9 Å². The highest BCUT2D eigenvalue weighted by Gasteiger charge is 2.13. The van der Waals surface area contributed by atoms with Gasteiger partial charge in [0.15, 0.2) is 0 Å². The normalized spacial score (nSPS) is 12.3. The highest BCUT2D eigenvalue weighted by molar-refractivity contribution is 5.61. The Morgan fingerprint density at radius 2 is 2.05 bits per heavy atom. The second-order valence-electron chi connectivity index (χ2n) is 4.97. The van der Waals surface area contributed by atoms with Gasteiger partial charge >= 0.3 is 0 Å². The van der Waals surface area contributed by atoms with Crippen molar-refractivity contribution < 1.29 is 0 Å². The van der Waals surface area contributed by atoms with Crippen molar-refractivity contribution in [1.82, 2.24) is 24.7 Å². The van der Waals surface area contributed by atoms with Crippen LogP contribution in [-0.2, 0) is 7.05 Å². The number of nitrogens with two attached hydrogens (primary N) is 1. The predicted octanol–water partition coefficient (Wildman–Crippen LogP) is 2.01. The molecule has 0 saturated carbocycles. The number of nitrogen functional groups attached to an aromatic ring is 1. The molecule has 0 aliphatic carbocycles. The zero-order valence-electron chi connectivity index (χ0n) is 11.9. The van der Waals surface area contributed by atoms with Crippen LogP contribution in [0.3, 0.4) is 0 Å². The van der Waals surface area contributed by atoms with Gasteiger partial charge in [0.2, 0.25) is 0 Å². The monoisotopic (exact) mass is 280 g/mol. The van der Waals surface area contributed by atoms with E-state index in [2.05, 4.69) is 26.1 Å². The van der Waals surface area contributed by atoms with Crippen molar-refractivity contribution in [2.24, 2.45) is 7.05 Å². The molecular weight excluding hydrogens is 264 g/mol. The average Bonchev–Trinajstić information content (AvgIpc) is 2.93. The molecule has 0 spiro atoms. The smallest absolute Gasteiger partial charge is 0.137 e. The number of pyridine rings is 1. The summed E-state index contributed by atoms with van der Waals surface area (Å²) in [4.78, 5) is 12.9. The second-order valence-corrected chi connectivity index (χ2v) is 4.97. The molecule has 0 aliphatic heterocycles. The molecule has 0 bridgehead atoms. The molecule has 0 unspecified atom stereocenters. The molecule has 106 valence electrons. The Hall–Kier alpha value is -2.76. The first-order valence-corrected chi connectivity index (χ1v) is 6.66.